The molecule has 22 heavy (non-hydrogen) atoms. The maximum absolute atomic E-state index is 5.62. The molecule has 0 aromatic heterocycles. The highest BCUT2D eigenvalue weighted by atomic mass is 16.5. The van der Waals surface area contributed by atoms with E-state index < -0.39 is 0 Å². The number of allylic oxidation sites excluding steroid dienone is 2. The molecule has 120 valence electrons. The average Bonchev–Trinajstić information content (AvgIpc) is 2.58. The van der Waals surface area contributed by atoms with Gasteiger partial charge in [-0.15, -0.1) is 6.58 Å². The van der Waals surface area contributed by atoms with Crippen molar-refractivity contribution < 1.29 is 4.74 Å². The monoisotopic (exact) mass is 298 g/mol. The Balaban J connectivity index is 1.77. The lowest BCUT2D eigenvalue weighted by Gasteiger charge is -2.28. The maximum Gasteiger partial charge on any atom is 0.0717 e. The summed E-state index contributed by atoms with van der Waals surface area (Å²) >= 11 is 0. The van der Waals surface area contributed by atoms with Crippen LogP contribution in [0.3, 0.4) is 0 Å². The van der Waals surface area contributed by atoms with Gasteiger partial charge in [0.05, 0.1) is 13.2 Å². The molecule has 2 rings (SSSR count). The zero-order chi connectivity index (χ0) is 15.6. The van der Waals surface area contributed by atoms with E-state index in [9.17, 15) is 0 Å². The van der Waals surface area contributed by atoms with Gasteiger partial charge in [-0.25, -0.2) is 0 Å². The second-order valence-electron chi connectivity index (χ2n) is 6.39. The topological polar surface area (TPSA) is 9.23 Å². The smallest absolute Gasteiger partial charge is 0.0717 e. The molecule has 0 radical (unpaired) electrons. The van der Waals surface area contributed by atoms with Crippen LogP contribution in [0.25, 0.3) is 0 Å². The predicted molar refractivity (Wildman–Crippen MR) is 95.0 cm³/mol. The first-order valence-electron chi connectivity index (χ1n) is 8.72. The summed E-state index contributed by atoms with van der Waals surface area (Å²) in [6.45, 7) is 7.30. The molecule has 0 heterocycles. The molecule has 1 aromatic rings. The fourth-order valence-corrected chi connectivity index (χ4v) is 3.30. The van der Waals surface area contributed by atoms with Crippen LogP contribution in [0.2, 0.25) is 0 Å². The van der Waals surface area contributed by atoms with Gasteiger partial charge in [-0.3, -0.25) is 0 Å². The number of rotatable bonds is 8. The SMILES string of the molecule is C=CCCOCc1ccc([C@H]2CC[C@H](CC=CC)CC2)cc1. The van der Waals surface area contributed by atoms with E-state index in [4.69, 9.17) is 4.74 Å². The Morgan fingerprint density at radius 2 is 1.86 bits per heavy atom. The van der Waals surface area contributed by atoms with Gasteiger partial charge in [-0.1, -0.05) is 42.5 Å². The molecule has 1 aliphatic rings. The second-order valence-corrected chi connectivity index (χ2v) is 6.39. The van der Waals surface area contributed by atoms with Gasteiger partial charge in [0.25, 0.3) is 0 Å². The van der Waals surface area contributed by atoms with Crippen molar-refractivity contribution in [2.75, 3.05) is 6.61 Å². The summed E-state index contributed by atoms with van der Waals surface area (Å²) in [6.07, 6.45) is 14.0. The Morgan fingerprint density at radius 3 is 2.50 bits per heavy atom. The lowest BCUT2D eigenvalue weighted by Crippen LogP contribution is -2.12. The lowest BCUT2D eigenvalue weighted by atomic mass is 9.77. The minimum atomic E-state index is 0.713. The molecule has 1 saturated carbocycles. The minimum Gasteiger partial charge on any atom is -0.376 e. The van der Waals surface area contributed by atoms with E-state index >= 15 is 0 Å². The molecular weight excluding hydrogens is 268 g/mol. The van der Waals surface area contributed by atoms with E-state index in [1.54, 1.807) is 0 Å². The highest BCUT2D eigenvalue weighted by Crippen LogP contribution is 2.37. The van der Waals surface area contributed by atoms with E-state index in [0.29, 0.717) is 6.61 Å². The van der Waals surface area contributed by atoms with Gasteiger partial charge in [-0.2, -0.15) is 0 Å². The zero-order valence-electron chi connectivity index (χ0n) is 14.0. The van der Waals surface area contributed by atoms with Gasteiger partial charge in [-0.05, 0) is 68.4 Å². The van der Waals surface area contributed by atoms with Crippen molar-refractivity contribution in [1.82, 2.24) is 0 Å². The summed E-state index contributed by atoms with van der Waals surface area (Å²) in [5.74, 6) is 1.67. The fraction of sp³-hybridized carbons (Fsp3) is 0.524. The summed E-state index contributed by atoms with van der Waals surface area (Å²) in [7, 11) is 0. The fourth-order valence-electron chi connectivity index (χ4n) is 3.30. The molecule has 1 nitrogen and oxygen atoms in total. The zero-order valence-corrected chi connectivity index (χ0v) is 14.0. The molecule has 1 aliphatic carbocycles. The van der Waals surface area contributed by atoms with Gasteiger partial charge >= 0.3 is 0 Å². The molecule has 0 saturated heterocycles. The lowest BCUT2D eigenvalue weighted by molar-refractivity contribution is 0.125. The van der Waals surface area contributed by atoms with Crippen LogP contribution in [0.15, 0.2) is 49.1 Å². The summed E-state index contributed by atoms with van der Waals surface area (Å²) in [5.41, 5.74) is 2.79. The Hall–Kier alpha value is -1.34. The minimum absolute atomic E-state index is 0.713. The van der Waals surface area contributed by atoms with Crippen molar-refractivity contribution in [1.29, 1.82) is 0 Å². The van der Waals surface area contributed by atoms with Crippen LogP contribution in [0.5, 0.6) is 0 Å². The molecule has 0 unspecified atom stereocenters. The quantitative estimate of drug-likeness (QED) is 0.421. The van der Waals surface area contributed by atoms with Crippen LogP contribution >= 0.6 is 0 Å². The maximum atomic E-state index is 5.62. The Kier molecular flexibility index (Phi) is 7.45. The second kappa shape index (κ2) is 9.63. The summed E-state index contributed by atoms with van der Waals surface area (Å²) in [6, 6.07) is 9.08. The van der Waals surface area contributed by atoms with Crippen molar-refractivity contribution in [2.45, 2.75) is 58.0 Å². The number of hydrogen-bond donors (Lipinski definition) is 0. The van der Waals surface area contributed by atoms with Crippen LogP contribution in [0.1, 0.15) is 62.5 Å². The molecule has 0 spiro atoms. The Bertz CT molecular complexity index is 449. The van der Waals surface area contributed by atoms with Crippen molar-refractivity contribution in [2.24, 2.45) is 5.92 Å². The van der Waals surface area contributed by atoms with Crippen molar-refractivity contribution in [3.05, 3.63) is 60.2 Å². The third-order valence-electron chi connectivity index (χ3n) is 4.74. The summed E-state index contributed by atoms with van der Waals surface area (Å²) < 4.78 is 5.62. The van der Waals surface area contributed by atoms with E-state index in [0.717, 1.165) is 24.9 Å². The van der Waals surface area contributed by atoms with E-state index in [2.05, 4.69) is 49.9 Å². The van der Waals surface area contributed by atoms with Gasteiger partial charge in [0.1, 0.15) is 0 Å². The molecule has 0 aliphatic heterocycles. The number of benzene rings is 1. The van der Waals surface area contributed by atoms with Crippen LogP contribution in [0, 0.1) is 5.92 Å². The van der Waals surface area contributed by atoms with Crippen molar-refractivity contribution >= 4 is 0 Å². The molecule has 1 aromatic carbocycles. The molecule has 0 amide bonds. The molecule has 0 atom stereocenters. The van der Waals surface area contributed by atoms with E-state index in [1.165, 1.54) is 43.2 Å². The molecule has 0 N–H and O–H groups in total. The van der Waals surface area contributed by atoms with Gasteiger partial charge in [0.15, 0.2) is 0 Å². The Labute approximate surface area is 136 Å². The third-order valence-corrected chi connectivity index (χ3v) is 4.74. The van der Waals surface area contributed by atoms with Gasteiger partial charge < -0.3 is 4.74 Å². The van der Waals surface area contributed by atoms with Gasteiger partial charge in [0.2, 0.25) is 0 Å². The van der Waals surface area contributed by atoms with E-state index in [1.807, 2.05) is 6.08 Å². The highest BCUT2D eigenvalue weighted by Gasteiger charge is 2.21. The van der Waals surface area contributed by atoms with Crippen LogP contribution in [-0.4, -0.2) is 6.61 Å². The van der Waals surface area contributed by atoms with Crippen molar-refractivity contribution in [3.63, 3.8) is 0 Å². The number of hydrogen-bond acceptors (Lipinski definition) is 1. The Morgan fingerprint density at radius 1 is 1.14 bits per heavy atom. The van der Waals surface area contributed by atoms with Crippen LogP contribution < -0.4 is 0 Å². The first kappa shape index (κ1) is 17.0. The van der Waals surface area contributed by atoms with Crippen LogP contribution in [0.4, 0.5) is 0 Å². The predicted octanol–water partition coefficient (Wildman–Crippen LogP) is 6.02. The number of ether oxygens (including phenoxy) is 1. The van der Waals surface area contributed by atoms with Crippen molar-refractivity contribution in [3.8, 4) is 0 Å². The third kappa shape index (κ3) is 5.46. The highest BCUT2D eigenvalue weighted by molar-refractivity contribution is 5.25. The summed E-state index contributed by atoms with van der Waals surface area (Å²) in [5, 5.41) is 0. The first-order valence-corrected chi connectivity index (χ1v) is 8.72. The largest absolute Gasteiger partial charge is 0.376 e. The van der Waals surface area contributed by atoms with E-state index in [-0.39, 0.29) is 0 Å². The summed E-state index contributed by atoms with van der Waals surface area (Å²) in [4.78, 5) is 0. The molecule has 0 bridgehead atoms. The van der Waals surface area contributed by atoms with Gasteiger partial charge in [0, 0.05) is 0 Å². The molecular formula is C21H30O. The standard InChI is InChI=1S/C21H30O/c1-3-5-7-18-8-12-20(13-9-18)21-14-10-19(11-15-21)17-22-16-6-4-2/h3-5,10-11,14-15,18,20H,2,6-9,12-13,16-17H2,1H3/t18-,20-. The first-order chi connectivity index (χ1) is 10.8. The normalized spacial score (nSPS) is 22.0. The molecule has 1 heteroatoms. The van der Waals surface area contributed by atoms with Crippen LogP contribution in [-0.2, 0) is 11.3 Å². The molecule has 1 fully saturated rings. The average molecular weight is 298 g/mol.